The highest BCUT2D eigenvalue weighted by molar-refractivity contribution is 7.19. The van der Waals surface area contributed by atoms with Gasteiger partial charge in [0.2, 0.25) is 0 Å². The van der Waals surface area contributed by atoms with E-state index in [0.29, 0.717) is 44.8 Å². The van der Waals surface area contributed by atoms with E-state index in [-0.39, 0.29) is 29.2 Å². The van der Waals surface area contributed by atoms with Crippen molar-refractivity contribution in [1.29, 1.82) is 0 Å². The Morgan fingerprint density at radius 1 is 1.09 bits per heavy atom. The summed E-state index contributed by atoms with van der Waals surface area (Å²) in [5.41, 5.74) is 4.81. The Morgan fingerprint density at radius 3 is 2.52 bits per heavy atom. The molecule has 1 aliphatic carbocycles. The lowest BCUT2D eigenvalue weighted by atomic mass is 9.75. The molecule has 2 amide bonds. The maximum Gasteiger partial charge on any atom is 0.410 e. The second-order valence-corrected chi connectivity index (χ2v) is 15.3. The van der Waals surface area contributed by atoms with Crippen molar-refractivity contribution >= 4 is 34.1 Å². The minimum Gasteiger partial charge on any atom is -0.444 e. The van der Waals surface area contributed by atoms with E-state index >= 15 is 0 Å². The first-order chi connectivity index (χ1) is 21.8. The number of anilines is 1. The fourth-order valence-corrected chi connectivity index (χ4v) is 7.94. The van der Waals surface area contributed by atoms with Gasteiger partial charge in [0, 0.05) is 62.0 Å². The molecule has 0 saturated carbocycles. The predicted molar refractivity (Wildman–Crippen MR) is 181 cm³/mol. The first-order valence-corrected chi connectivity index (χ1v) is 17.0. The van der Waals surface area contributed by atoms with Gasteiger partial charge in [-0.1, -0.05) is 26.0 Å². The van der Waals surface area contributed by atoms with Crippen molar-refractivity contribution in [3.05, 3.63) is 58.6 Å². The summed E-state index contributed by atoms with van der Waals surface area (Å²) >= 11 is 1.62. The molecule has 0 radical (unpaired) electrons. The molecule has 0 spiro atoms. The average molecular weight is 645 g/mol. The number of rotatable bonds is 6. The van der Waals surface area contributed by atoms with E-state index in [2.05, 4.69) is 24.8 Å². The van der Waals surface area contributed by atoms with Crippen LogP contribution < -0.4 is 4.90 Å². The fourth-order valence-electron chi connectivity index (χ4n) is 6.61. The highest BCUT2D eigenvalue weighted by Gasteiger charge is 2.39. The molecule has 2 aliphatic heterocycles. The third-order valence-electron chi connectivity index (χ3n) is 8.84. The smallest absolute Gasteiger partial charge is 0.410 e. The maximum atomic E-state index is 13.7. The van der Waals surface area contributed by atoms with Gasteiger partial charge in [-0.2, -0.15) is 0 Å². The number of likely N-dealkylation sites (tertiary alicyclic amines) is 1. The number of amides is 2. The zero-order chi connectivity index (χ0) is 32.8. The number of likely N-dealkylation sites (N-methyl/N-ethyl adjacent to an activating group) is 1. The molecule has 0 unspecified atom stereocenters. The van der Waals surface area contributed by atoms with Crippen LogP contribution in [0.3, 0.4) is 0 Å². The summed E-state index contributed by atoms with van der Waals surface area (Å²) in [6.07, 6.45) is 2.86. The number of fused-ring (bicyclic) bond motifs is 1. The molecule has 6 rings (SSSR count). The van der Waals surface area contributed by atoms with E-state index in [1.54, 1.807) is 16.2 Å². The number of hydrogen-bond donors (Lipinski definition) is 0. The lowest BCUT2D eigenvalue weighted by Crippen LogP contribution is -2.62. The number of ketones is 1. The molecule has 0 bridgehead atoms. The van der Waals surface area contributed by atoms with Crippen LogP contribution in [-0.2, 0) is 15.9 Å². The molecule has 0 N–H and O–H groups in total. The largest absolute Gasteiger partial charge is 0.444 e. The van der Waals surface area contributed by atoms with Crippen LogP contribution in [0.2, 0.25) is 0 Å². The number of benzene rings is 1. The van der Waals surface area contributed by atoms with Gasteiger partial charge in [-0.15, -0.1) is 11.3 Å². The monoisotopic (exact) mass is 644 g/mol. The Balaban J connectivity index is 1.28. The van der Waals surface area contributed by atoms with Crippen LogP contribution >= 0.6 is 11.3 Å². The lowest BCUT2D eigenvalue weighted by Gasteiger charge is -2.45. The van der Waals surface area contributed by atoms with Gasteiger partial charge in [-0.05, 0) is 74.9 Å². The summed E-state index contributed by atoms with van der Waals surface area (Å²) in [4.78, 5) is 51.0. The molecule has 10 heteroatoms. The summed E-state index contributed by atoms with van der Waals surface area (Å²) < 4.78 is 11.1. The van der Waals surface area contributed by atoms with Gasteiger partial charge < -0.3 is 24.2 Å². The molecular weight excluding hydrogens is 600 g/mol. The predicted octanol–water partition coefficient (Wildman–Crippen LogP) is 6.55. The van der Waals surface area contributed by atoms with Crippen molar-refractivity contribution in [2.24, 2.45) is 5.41 Å². The summed E-state index contributed by atoms with van der Waals surface area (Å²) in [6.45, 7) is 16.2. The molecule has 2 fully saturated rings. The number of nitrogens with zero attached hydrogens (tertiary/aromatic N) is 4. The summed E-state index contributed by atoms with van der Waals surface area (Å²) in [6, 6.07) is 11.7. The molecule has 2 saturated heterocycles. The van der Waals surface area contributed by atoms with Crippen LogP contribution in [0.15, 0.2) is 42.6 Å². The number of morpholine rings is 1. The number of aromatic nitrogens is 1. The number of pyridine rings is 1. The fraction of sp³-hybridized carbons (Fsp3) is 0.500. The molecule has 3 aliphatic rings. The van der Waals surface area contributed by atoms with Crippen molar-refractivity contribution < 1.29 is 23.9 Å². The van der Waals surface area contributed by atoms with Crippen molar-refractivity contribution in [2.45, 2.75) is 66.0 Å². The molecule has 9 nitrogen and oxygen atoms in total. The quantitative estimate of drug-likeness (QED) is 0.301. The van der Waals surface area contributed by atoms with E-state index in [1.165, 1.54) is 0 Å². The van der Waals surface area contributed by atoms with Crippen LogP contribution in [0.5, 0.6) is 0 Å². The molecule has 3 aromatic rings. The molecule has 0 atom stereocenters. The highest BCUT2D eigenvalue weighted by atomic mass is 32.1. The van der Waals surface area contributed by atoms with Crippen molar-refractivity contribution in [2.75, 3.05) is 50.8 Å². The second kappa shape index (κ2) is 12.4. The van der Waals surface area contributed by atoms with Gasteiger partial charge in [0.25, 0.3) is 5.91 Å². The SMILES string of the molecule is CCN(C(=O)c1cccc(-c2cc(-c3c(N4CCOCC4)sc4c3CC(C)(C)CC4=O)ccn2)c1)C1CN(C(=O)OC(C)(C)C)C1. The van der Waals surface area contributed by atoms with Crippen molar-refractivity contribution in [3.63, 3.8) is 0 Å². The number of Topliss-reactive ketones (excluding diaryl/α,β-unsaturated/α-hetero) is 1. The third kappa shape index (κ3) is 6.55. The third-order valence-corrected chi connectivity index (χ3v) is 10.2. The van der Waals surface area contributed by atoms with Gasteiger partial charge in [0.05, 0.1) is 34.8 Å². The Hall–Kier alpha value is -3.76. The standard InChI is InChI=1S/C36H44N4O5S/c1-7-40(26-21-39(22-26)34(43)45-35(2,3)4)32(42)25-10-8-9-23(17-25)28-18-24(11-12-37-28)30-27-19-36(5,6)20-29(41)31(27)46-33(30)38-13-15-44-16-14-38/h8-12,17-18,26H,7,13-16,19-22H2,1-6H3. The number of ether oxygens (including phenoxy) is 2. The molecular formula is C36H44N4O5S. The maximum absolute atomic E-state index is 13.7. The number of hydrogen-bond acceptors (Lipinski definition) is 8. The summed E-state index contributed by atoms with van der Waals surface area (Å²) in [5, 5.41) is 1.12. The van der Waals surface area contributed by atoms with Gasteiger partial charge in [-0.25, -0.2) is 4.79 Å². The van der Waals surface area contributed by atoms with E-state index < -0.39 is 5.60 Å². The minimum absolute atomic E-state index is 0.0644. The van der Waals surface area contributed by atoms with Crippen LogP contribution in [0.25, 0.3) is 22.4 Å². The zero-order valence-corrected chi connectivity index (χ0v) is 28.5. The van der Waals surface area contributed by atoms with E-state index in [0.717, 1.165) is 57.3 Å². The number of carbonyl (C=O) groups is 3. The zero-order valence-electron chi connectivity index (χ0n) is 27.7. The van der Waals surface area contributed by atoms with E-state index in [9.17, 15) is 14.4 Å². The Morgan fingerprint density at radius 2 is 1.83 bits per heavy atom. The topological polar surface area (TPSA) is 92.3 Å². The number of carbonyl (C=O) groups excluding carboxylic acids is 3. The molecule has 46 heavy (non-hydrogen) atoms. The highest BCUT2D eigenvalue weighted by Crippen LogP contribution is 2.49. The second-order valence-electron chi connectivity index (χ2n) is 14.3. The lowest BCUT2D eigenvalue weighted by molar-refractivity contribution is -0.0120. The molecule has 2 aromatic heterocycles. The van der Waals surface area contributed by atoms with E-state index in [1.807, 2.05) is 69.1 Å². The first kappa shape index (κ1) is 32.2. The summed E-state index contributed by atoms with van der Waals surface area (Å²) in [5.74, 6) is 0.148. The first-order valence-electron chi connectivity index (χ1n) is 16.2. The van der Waals surface area contributed by atoms with Crippen LogP contribution in [0, 0.1) is 5.41 Å². The van der Waals surface area contributed by atoms with Gasteiger partial charge in [-0.3, -0.25) is 14.6 Å². The Bertz CT molecular complexity index is 1650. The molecule has 1 aromatic carbocycles. The van der Waals surface area contributed by atoms with Gasteiger partial charge >= 0.3 is 6.09 Å². The van der Waals surface area contributed by atoms with Crippen molar-refractivity contribution in [1.82, 2.24) is 14.8 Å². The summed E-state index contributed by atoms with van der Waals surface area (Å²) in [7, 11) is 0. The number of thiophene rings is 1. The van der Waals surface area contributed by atoms with Gasteiger partial charge in [0.15, 0.2) is 5.78 Å². The van der Waals surface area contributed by atoms with Crippen LogP contribution in [0.1, 0.15) is 73.6 Å². The van der Waals surface area contributed by atoms with Crippen LogP contribution in [-0.4, -0.2) is 90.1 Å². The van der Waals surface area contributed by atoms with Crippen LogP contribution in [0.4, 0.5) is 9.80 Å². The molecule has 244 valence electrons. The minimum atomic E-state index is -0.560. The average Bonchev–Trinajstić information content (AvgIpc) is 3.37. The molecule has 4 heterocycles. The van der Waals surface area contributed by atoms with Gasteiger partial charge in [0.1, 0.15) is 5.60 Å². The Labute approximate surface area is 275 Å². The Kier molecular flexibility index (Phi) is 8.71. The van der Waals surface area contributed by atoms with Crippen molar-refractivity contribution in [3.8, 4) is 22.4 Å². The normalized spacial score (nSPS) is 18.2. The van der Waals surface area contributed by atoms with E-state index in [4.69, 9.17) is 14.5 Å².